The van der Waals surface area contributed by atoms with E-state index in [1.165, 1.54) is 0 Å². The first-order valence-electron chi connectivity index (χ1n) is 22.1. The monoisotopic (exact) mass is 866 g/mol. The van der Waals surface area contributed by atoms with Gasteiger partial charge in [0.1, 0.15) is 0 Å². The molecule has 3 heterocycles. The molecule has 8 nitrogen and oxygen atoms in total. The highest BCUT2D eigenvalue weighted by Crippen LogP contribution is 2.44. The van der Waals surface area contributed by atoms with Gasteiger partial charge in [-0.2, -0.15) is 10.5 Å². The average Bonchev–Trinajstić information content (AvgIpc) is 3.93. The van der Waals surface area contributed by atoms with Crippen LogP contribution in [0.4, 0.5) is 5.69 Å². The van der Waals surface area contributed by atoms with Crippen molar-refractivity contribution in [3.8, 4) is 79.9 Å². The molecule has 8 heteroatoms. The Hall–Kier alpha value is -9.94. The van der Waals surface area contributed by atoms with Crippen molar-refractivity contribution in [2.45, 2.75) is 0 Å². The Morgan fingerprint density at radius 1 is 0.368 bits per heavy atom. The summed E-state index contributed by atoms with van der Waals surface area (Å²) in [6.07, 6.45) is 0. The van der Waals surface area contributed by atoms with Gasteiger partial charge in [0.05, 0.1) is 68.8 Å². The van der Waals surface area contributed by atoms with E-state index in [1.807, 2.05) is 140 Å². The summed E-state index contributed by atoms with van der Waals surface area (Å²) in [6, 6.07) is 73.5. The Labute approximate surface area is 391 Å². The Kier molecular flexibility index (Phi) is 9.47. The van der Waals surface area contributed by atoms with E-state index in [-0.39, 0.29) is 0 Å². The predicted octanol–water partition coefficient (Wildman–Crippen LogP) is 14.7. The number of aromatic nitrogens is 5. The van der Waals surface area contributed by atoms with Crippen LogP contribution in [-0.4, -0.2) is 24.1 Å². The summed E-state index contributed by atoms with van der Waals surface area (Å²) in [5.74, 6) is 1.44. The summed E-state index contributed by atoms with van der Waals surface area (Å²) >= 11 is 0. The van der Waals surface area contributed by atoms with Gasteiger partial charge in [0, 0.05) is 32.7 Å². The summed E-state index contributed by atoms with van der Waals surface area (Å²) in [5.41, 5.74) is 13.0. The van der Waals surface area contributed by atoms with E-state index in [0.717, 1.165) is 77.0 Å². The van der Waals surface area contributed by atoms with Crippen LogP contribution in [0.25, 0.3) is 116 Å². The van der Waals surface area contributed by atoms with Crippen LogP contribution in [0.15, 0.2) is 206 Å². The minimum Gasteiger partial charge on any atom is -0.308 e. The minimum atomic E-state index is 0.429. The Balaban J connectivity index is 1.24. The van der Waals surface area contributed by atoms with E-state index < -0.39 is 0 Å². The molecular formula is C60H34N8. The van der Waals surface area contributed by atoms with Crippen molar-refractivity contribution >= 4 is 49.3 Å². The number of hydrogen-bond donors (Lipinski definition) is 0. The standard InChI is InChI=1S/C60H34N8/c1-63-46-28-24-41(25-29-46)45-27-31-50-48-17-9-11-19-52(48)68(54(50)35-45)56-33-39(37-62)32-55(57(56)60-65-58(42-12-4-2-5-13-42)64-59(66-60)43-14-6-3-7-15-43)67-51-18-10-8-16-47(51)49-30-26-44(34-53(49)67)40-22-20-38(36-61)21-23-40/h2-35H. The third-order valence-electron chi connectivity index (χ3n) is 12.7. The van der Waals surface area contributed by atoms with Crippen LogP contribution in [-0.2, 0) is 0 Å². The molecule has 0 amide bonds. The molecular weight excluding hydrogens is 833 g/mol. The maximum Gasteiger partial charge on any atom is 0.187 e. The van der Waals surface area contributed by atoms with Gasteiger partial charge in [-0.25, -0.2) is 19.8 Å². The molecule has 0 unspecified atom stereocenters. The van der Waals surface area contributed by atoms with Gasteiger partial charge in [-0.15, -0.1) is 0 Å². The molecule has 0 aliphatic rings. The minimum absolute atomic E-state index is 0.429. The maximum atomic E-state index is 11.1. The van der Waals surface area contributed by atoms with Crippen LogP contribution in [0.1, 0.15) is 11.1 Å². The molecule has 68 heavy (non-hydrogen) atoms. The molecule has 0 radical (unpaired) electrons. The molecule has 0 atom stereocenters. The van der Waals surface area contributed by atoms with Crippen molar-refractivity contribution < 1.29 is 0 Å². The number of benzene rings is 9. The van der Waals surface area contributed by atoms with Gasteiger partial charge in [-0.05, 0) is 70.8 Å². The highest BCUT2D eigenvalue weighted by Gasteiger charge is 2.26. The zero-order chi connectivity index (χ0) is 45.7. The maximum absolute atomic E-state index is 11.1. The van der Waals surface area contributed by atoms with E-state index >= 15 is 0 Å². The molecule has 3 aromatic heterocycles. The molecule has 12 rings (SSSR count). The second-order valence-electron chi connectivity index (χ2n) is 16.6. The number of nitrogens with zero attached hydrogens (tertiary/aromatic N) is 8. The first kappa shape index (κ1) is 39.6. The van der Waals surface area contributed by atoms with Crippen molar-refractivity contribution in [3.05, 3.63) is 229 Å². The highest BCUT2D eigenvalue weighted by molar-refractivity contribution is 6.13. The van der Waals surface area contributed by atoms with E-state index in [1.54, 1.807) is 0 Å². The topological polar surface area (TPSA) is 100 Å². The lowest BCUT2D eigenvalue weighted by atomic mass is 10.0. The lowest BCUT2D eigenvalue weighted by Crippen LogP contribution is -2.08. The number of fused-ring (bicyclic) bond motifs is 6. The van der Waals surface area contributed by atoms with Gasteiger partial charge in [-0.3, -0.25) is 0 Å². The van der Waals surface area contributed by atoms with Crippen LogP contribution < -0.4 is 0 Å². The van der Waals surface area contributed by atoms with Gasteiger partial charge >= 0.3 is 0 Å². The molecule has 0 saturated carbocycles. The molecule has 9 aromatic carbocycles. The normalized spacial score (nSPS) is 11.2. The molecule has 0 aliphatic carbocycles. The van der Waals surface area contributed by atoms with Crippen molar-refractivity contribution in [2.75, 3.05) is 0 Å². The zero-order valence-electron chi connectivity index (χ0n) is 36.2. The summed E-state index contributed by atoms with van der Waals surface area (Å²) in [6.45, 7) is 7.56. The third-order valence-corrected chi connectivity index (χ3v) is 12.7. The Morgan fingerprint density at radius 3 is 1.25 bits per heavy atom. The molecule has 0 bridgehead atoms. The van der Waals surface area contributed by atoms with Crippen molar-refractivity contribution in [1.82, 2.24) is 24.1 Å². The van der Waals surface area contributed by atoms with Crippen LogP contribution in [0.2, 0.25) is 0 Å². The quantitative estimate of drug-likeness (QED) is 0.149. The van der Waals surface area contributed by atoms with Gasteiger partial charge in [0.2, 0.25) is 0 Å². The summed E-state index contributed by atoms with van der Waals surface area (Å²) in [5, 5.41) is 24.8. The molecule has 0 spiro atoms. The van der Waals surface area contributed by atoms with Crippen molar-refractivity contribution in [2.24, 2.45) is 0 Å². The molecule has 12 aromatic rings. The summed E-state index contributed by atoms with van der Waals surface area (Å²) in [7, 11) is 0. The van der Waals surface area contributed by atoms with Gasteiger partial charge in [0.15, 0.2) is 23.2 Å². The molecule has 0 fully saturated rings. The lowest BCUT2D eigenvalue weighted by Gasteiger charge is -2.21. The number of rotatable bonds is 7. The SMILES string of the molecule is [C-]#[N+]c1ccc(-c2ccc3c4ccccc4n(-c4cc(C#N)cc(-n5c6ccccc6c6ccc(-c7ccc(C#N)cc7)cc65)c4-c4nc(-c5ccccc5)nc(-c5ccccc5)n4)c3c2)cc1. The van der Waals surface area contributed by atoms with Crippen molar-refractivity contribution in [1.29, 1.82) is 10.5 Å². The van der Waals surface area contributed by atoms with E-state index in [4.69, 9.17) is 21.5 Å². The summed E-state index contributed by atoms with van der Waals surface area (Å²) in [4.78, 5) is 19.5. The first-order valence-corrected chi connectivity index (χ1v) is 22.1. The Bertz CT molecular complexity index is 3840. The first-order chi connectivity index (χ1) is 33.6. The Morgan fingerprint density at radius 2 is 0.779 bits per heavy atom. The molecule has 0 saturated heterocycles. The second kappa shape index (κ2) is 16.2. The molecule has 0 N–H and O–H groups in total. The van der Waals surface area contributed by atoms with E-state index in [0.29, 0.717) is 51.2 Å². The van der Waals surface area contributed by atoms with Crippen molar-refractivity contribution in [3.63, 3.8) is 0 Å². The zero-order valence-corrected chi connectivity index (χ0v) is 36.2. The van der Waals surface area contributed by atoms with Crippen LogP contribution >= 0.6 is 0 Å². The number of para-hydroxylation sites is 2. The fraction of sp³-hybridized carbons (Fsp3) is 0. The highest BCUT2D eigenvalue weighted by atomic mass is 15.1. The predicted molar refractivity (Wildman–Crippen MR) is 271 cm³/mol. The van der Waals surface area contributed by atoms with Gasteiger partial charge in [0.25, 0.3) is 0 Å². The molecule has 0 aliphatic heterocycles. The average molecular weight is 867 g/mol. The van der Waals surface area contributed by atoms with E-state index in [2.05, 4.69) is 92.8 Å². The fourth-order valence-corrected chi connectivity index (χ4v) is 9.46. The second-order valence-corrected chi connectivity index (χ2v) is 16.6. The van der Waals surface area contributed by atoms with E-state index in [9.17, 15) is 10.5 Å². The van der Waals surface area contributed by atoms with Gasteiger partial charge < -0.3 is 9.13 Å². The van der Waals surface area contributed by atoms with Crippen LogP contribution in [0.5, 0.6) is 0 Å². The number of nitriles is 2. The smallest absolute Gasteiger partial charge is 0.187 e. The number of hydrogen-bond acceptors (Lipinski definition) is 5. The molecule has 314 valence electrons. The lowest BCUT2D eigenvalue weighted by molar-refractivity contribution is 1.05. The van der Waals surface area contributed by atoms with Crippen LogP contribution in [0, 0.1) is 29.2 Å². The fourth-order valence-electron chi connectivity index (χ4n) is 9.46. The largest absolute Gasteiger partial charge is 0.308 e. The summed E-state index contributed by atoms with van der Waals surface area (Å²) < 4.78 is 4.48. The van der Waals surface area contributed by atoms with Gasteiger partial charge in [-0.1, -0.05) is 158 Å². The van der Waals surface area contributed by atoms with Crippen LogP contribution in [0.3, 0.4) is 0 Å². The third kappa shape index (κ3) is 6.63.